The molecule has 0 radical (unpaired) electrons. The SMILES string of the molecule is CCc1ccccc1N(C(=O)Cn1nnc2ccccc21)C(C(=O)NC(C)(C)C)c1ccccc1F. The van der Waals surface area contributed by atoms with Crippen LogP contribution in [-0.4, -0.2) is 32.3 Å². The van der Waals surface area contributed by atoms with E-state index < -0.39 is 29.2 Å². The van der Waals surface area contributed by atoms with Gasteiger partial charge < -0.3 is 5.32 Å². The number of hydrogen-bond acceptors (Lipinski definition) is 4. The molecule has 2 amide bonds. The standard InChI is InChI=1S/C28H30FN5O2/c1-5-19-12-6-10-16-23(19)34(25(35)18-33-24-17-11-9-15-22(24)31-32-33)26(27(36)30-28(2,3)4)20-13-7-8-14-21(20)29/h6-17,26H,5,18H2,1-4H3,(H,30,36). The summed E-state index contributed by atoms with van der Waals surface area (Å²) in [5.74, 6) is -1.45. The third-order valence-corrected chi connectivity index (χ3v) is 5.81. The van der Waals surface area contributed by atoms with E-state index in [0.717, 1.165) is 5.56 Å². The van der Waals surface area contributed by atoms with Crippen molar-refractivity contribution in [2.24, 2.45) is 0 Å². The second kappa shape index (κ2) is 10.3. The van der Waals surface area contributed by atoms with E-state index in [2.05, 4.69) is 15.6 Å². The van der Waals surface area contributed by atoms with Gasteiger partial charge in [-0.05, 0) is 57.0 Å². The molecule has 7 nitrogen and oxygen atoms in total. The zero-order valence-corrected chi connectivity index (χ0v) is 20.9. The Balaban J connectivity index is 1.88. The maximum absolute atomic E-state index is 15.2. The fraction of sp³-hybridized carbons (Fsp3) is 0.286. The molecule has 4 rings (SSSR count). The number of carbonyl (C=O) groups is 2. The summed E-state index contributed by atoms with van der Waals surface area (Å²) in [7, 11) is 0. The lowest BCUT2D eigenvalue weighted by Gasteiger charge is -2.35. The Morgan fingerprint density at radius 2 is 1.67 bits per heavy atom. The molecule has 1 heterocycles. The molecule has 1 atom stereocenters. The summed E-state index contributed by atoms with van der Waals surface area (Å²) in [6.45, 7) is 7.33. The minimum absolute atomic E-state index is 0.113. The largest absolute Gasteiger partial charge is 0.349 e. The van der Waals surface area contributed by atoms with E-state index in [0.29, 0.717) is 23.1 Å². The van der Waals surface area contributed by atoms with Crippen LogP contribution in [0.2, 0.25) is 0 Å². The molecular formula is C28H30FN5O2. The Morgan fingerprint density at radius 1 is 1.00 bits per heavy atom. The number of carbonyl (C=O) groups excluding carboxylic acids is 2. The van der Waals surface area contributed by atoms with Crippen molar-refractivity contribution in [1.82, 2.24) is 20.3 Å². The first kappa shape index (κ1) is 25.0. The molecule has 3 aromatic carbocycles. The number of amides is 2. The lowest BCUT2D eigenvalue weighted by Crippen LogP contribution is -2.50. The van der Waals surface area contributed by atoms with Crippen LogP contribution < -0.4 is 10.2 Å². The van der Waals surface area contributed by atoms with Crippen LogP contribution in [0, 0.1) is 5.82 Å². The van der Waals surface area contributed by atoms with Gasteiger partial charge in [-0.25, -0.2) is 9.07 Å². The molecule has 0 aliphatic carbocycles. The average molecular weight is 488 g/mol. The van der Waals surface area contributed by atoms with E-state index in [1.807, 2.05) is 64.1 Å². The summed E-state index contributed by atoms with van der Waals surface area (Å²) in [6.07, 6.45) is 0.622. The van der Waals surface area contributed by atoms with Gasteiger partial charge in [0, 0.05) is 16.8 Å². The first-order valence-corrected chi connectivity index (χ1v) is 11.9. The van der Waals surface area contributed by atoms with Gasteiger partial charge in [0.1, 0.15) is 23.9 Å². The molecule has 0 aliphatic rings. The Morgan fingerprint density at radius 3 is 2.39 bits per heavy atom. The number of para-hydroxylation sites is 2. The maximum atomic E-state index is 15.2. The summed E-state index contributed by atoms with van der Waals surface area (Å²) in [5.41, 5.74) is 2.27. The molecule has 8 heteroatoms. The van der Waals surface area contributed by atoms with Crippen LogP contribution in [0.3, 0.4) is 0 Å². The number of halogens is 1. The molecule has 0 saturated heterocycles. The van der Waals surface area contributed by atoms with Crippen molar-refractivity contribution in [3.05, 3.63) is 89.7 Å². The Hall–Kier alpha value is -4.07. The molecule has 1 N–H and O–H groups in total. The molecule has 0 saturated carbocycles. The molecule has 1 unspecified atom stereocenters. The highest BCUT2D eigenvalue weighted by Gasteiger charge is 2.37. The van der Waals surface area contributed by atoms with Gasteiger partial charge in [0.15, 0.2) is 0 Å². The highest BCUT2D eigenvalue weighted by atomic mass is 19.1. The van der Waals surface area contributed by atoms with Gasteiger partial charge in [-0.1, -0.05) is 60.7 Å². The number of aromatic nitrogens is 3. The minimum Gasteiger partial charge on any atom is -0.349 e. The van der Waals surface area contributed by atoms with Crippen LogP contribution in [0.25, 0.3) is 11.0 Å². The number of anilines is 1. The van der Waals surface area contributed by atoms with Crippen molar-refractivity contribution in [2.45, 2.75) is 52.2 Å². The predicted octanol–water partition coefficient (Wildman–Crippen LogP) is 4.82. The minimum atomic E-state index is -1.24. The van der Waals surface area contributed by atoms with E-state index in [-0.39, 0.29) is 12.1 Å². The van der Waals surface area contributed by atoms with Gasteiger partial charge in [-0.15, -0.1) is 5.10 Å². The van der Waals surface area contributed by atoms with Crippen LogP contribution in [0.1, 0.15) is 44.9 Å². The Labute approximate surface area is 209 Å². The monoisotopic (exact) mass is 487 g/mol. The molecule has 36 heavy (non-hydrogen) atoms. The van der Waals surface area contributed by atoms with Gasteiger partial charge in [0.25, 0.3) is 0 Å². The fourth-order valence-corrected chi connectivity index (χ4v) is 4.23. The van der Waals surface area contributed by atoms with E-state index in [4.69, 9.17) is 0 Å². The van der Waals surface area contributed by atoms with E-state index in [1.165, 1.54) is 15.6 Å². The zero-order valence-electron chi connectivity index (χ0n) is 20.9. The third kappa shape index (κ3) is 5.27. The van der Waals surface area contributed by atoms with E-state index >= 15 is 4.39 Å². The highest BCUT2D eigenvalue weighted by Crippen LogP contribution is 2.33. The summed E-state index contributed by atoms with van der Waals surface area (Å²) in [6, 6.07) is 19.5. The predicted molar refractivity (Wildman–Crippen MR) is 138 cm³/mol. The van der Waals surface area contributed by atoms with Crippen LogP contribution in [-0.2, 0) is 22.6 Å². The fourth-order valence-electron chi connectivity index (χ4n) is 4.23. The van der Waals surface area contributed by atoms with Crippen molar-refractivity contribution in [1.29, 1.82) is 0 Å². The summed E-state index contributed by atoms with van der Waals surface area (Å²) in [5, 5.41) is 11.2. The van der Waals surface area contributed by atoms with E-state index in [9.17, 15) is 9.59 Å². The second-order valence-corrected chi connectivity index (χ2v) is 9.65. The van der Waals surface area contributed by atoms with Crippen molar-refractivity contribution in [2.75, 3.05) is 4.90 Å². The smallest absolute Gasteiger partial charge is 0.249 e. The molecule has 0 aliphatic heterocycles. The molecule has 0 spiro atoms. The molecule has 0 bridgehead atoms. The van der Waals surface area contributed by atoms with Crippen molar-refractivity contribution in [3.63, 3.8) is 0 Å². The number of benzene rings is 3. The van der Waals surface area contributed by atoms with Crippen molar-refractivity contribution < 1.29 is 14.0 Å². The molecule has 1 aromatic heterocycles. The summed E-state index contributed by atoms with van der Waals surface area (Å²) < 4.78 is 16.7. The molecule has 186 valence electrons. The van der Waals surface area contributed by atoms with Gasteiger partial charge >= 0.3 is 0 Å². The normalized spacial score (nSPS) is 12.4. The zero-order chi connectivity index (χ0) is 25.9. The lowest BCUT2D eigenvalue weighted by molar-refractivity contribution is -0.128. The first-order valence-electron chi connectivity index (χ1n) is 11.9. The summed E-state index contributed by atoms with van der Waals surface area (Å²) >= 11 is 0. The van der Waals surface area contributed by atoms with Gasteiger partial charge in [-0.3, -0.25) is 14.5 Å². The van der Waals surface area contributed by atoms with Crippen LogP contribution in [0.15, 0.2) is 72.8 Å². The van der Waals surface area contributed by atoms with Gasteiger partial charge in [0.2, 0.25) is 11.8 Å². The number of hydrogen-bond donors (Lipinski definition) is 1. The molecule has 4 aromatic rings. The molecule has 0 fully saturated rings. The second-order valence-electron chi connectivity index (χ2n) is 9.65. The first-order chi connectivity index (χ1) is 17.2. The number of aryl methyl sites for hydroxylation is 1. The van der Waals surface area contributed by atoms with Crippen molar-refractivity contribution in [3.8, 4) is 0 Å². The third-order valence-electron chi connectivity index (χ3n) is 5.81. The Bertz CT molecular complexity index is 1390. The lowest BCUT2D eigenvalue weighted by atomic mass is 9.98. The topological polar surface area (TPSA) is 80.1 Å². The van der Waals surface area contributed by atoms with Crippen LogP contribution in [0.5, 0.6) is 0 Å². The quantitative estimate of drug-likeness (QED) is 0.405. The number of nitrogens with one attached hydrogen (secondary N) is 1. The van der Waals surface area contributed by atoms with Crippen LogP contribution >= 0.6 is 0 Å². The van der Waals surface area contributed by atoms with Gasteiger partial charge in [-0.2, -0.15) is 0 Å². The number of rotatable bonds is 7. The highest BCUT2D eigenvalue weighted by molar-refractivity contribution is 6.02. The summed E-state index contributed by atoms with van der Waals surface area (Å²) in [4.78, 5) is 29.2. The number of nitrogens with zero attached hydrogens (tertiary/aromatic N) is 4. The average Bonchev–Trinajstić information content (AvgIpc) is 3.24. The van der Waals surface area contributed by atoms with Crippen molar-refractivity contribution >= 4 is 28.5 Å². The molecular weight excluding hydrogens is 457 g/mol. The number of fused-ring (bicyclic) bond motifs is 1. The maximum Gasteiger partial charge on any atom is 0.249 e. The van der Waals surface area contributed by atoms with Gasteiger partial charge in [0.05, 0.1) is 5.52 Å². The Kier molecular flexibility index (Phi) is 7.15. The van der Waals surface area contributed by atoms with Crippen LogP contribution in [0.4, 0.5) is 10.1 Å². The van der Waals surface area contributed by atoms with E-state index in [1.54, 1.807) is 30.3 Å².